The zero-order valence-electron chi connectivity index (χ0n) is 38.7. The Morgan fingerprint density at radius 3 is 1.65 bits per heavy atom. The largest absolute Gasteiger partial charge is 0.455 e. The lowest BCUT2D eigenvalue weighted by Gasteiger charge is -2.18. The minimum Gasteiger partial charge on any atom is -0.455 e. The Kier molecular flexibility index (Phi) is 3.99. The molecule has 1 aromatic heterocycles. The molecule has 0 saturated heterocycles. The molecule has 0 amide bonds. The van der Waals surface area contributed by atoms with Gasteiger partial charge in [-0.3, -0.25) is 0 Å². The Hall–Kier alpha value is -6.44. The molecule has 0 unspecified atom stereocenters. The van der Waals surface area contributed by atoms with Crippen molar-refractivity contribution in [1.82, 2.24) is 0 Å². The standard InChI is InChI=1S/C48H30O/c1-2-12-33(13-3-1)46-40-15-6-8-17-42(40)47(43-18-9-7-16-41(43)46)34-24-22-32(23-25-34)38-19-10-20-44-39-28-27-37(30-45(39)49-48(38)44)36-26-21-31-11-4-5-14-35(31)29-36/h1-30H/i1D,2D,3D,6D,7D,8D,9D,12D,13D,15D,16D,17D,18D. The minimum absolute atomic E-state index is 0.0693. The normalized spacial score (nSPS) is 15.4. The zero-order valence-corrected chi connectivity index (χ0v) is 25.7. The molecule has 0 radical (unpaired) electrons. The van der Waals surface area contributed by atoms with Crippen molar-refractivity contribution in [2.75, 3.05) is 0 Å². The highest BCUT2D eigenvalue weighted by atomic mass is 16.3. The van der Waals surface area contributed by atoms with Gasteiger partial charge >= 0.3 is 0 Å². The quantitative estimate of drug-likeness (QED) is 0.175. The lowest BCUT2D eigenvalue weighted by Crippen LogP contribution is -1.90. The molecule has 10 aromatic rings. The lowest BCUT2D eigenvalue weighted by atomic mass is 9.85. The van der Waals surface area contributed by atoms with Crippen molar-refractivity contribution in [2.45, 2.75) is 0 Å². The molecule has 49 heavy (non-hydrogen) atoms. The van der Waals surface area contributed by atoms with Gasteiger partial charge in [-0.05, 0) is 89.5 Å². The summed E-state index contributed by atoms with van der Waals surface area (Å²) in [4.78, 5) is 0. The lowest BCUT2D eigenvalue weighted by molar-refractivity contribution is 0.670. The average molecular weight is 636 g/mol. The minimum atomic E-state index is -0.714. The Bertz CT molecular complexity index is 3500. The van der Waals surface area contributed by atoms with E-state index in [9.17, 15) is 5.48 Å². The maximum Gasteiger partial charge on any atom is 0.143 e. The number of para-hydroxylation sites is 1. The van der Waals surface area contributed by atoms with E-state index in [0.717, 1.165) is 43.8 Å². The number of furan rings is 1. The van der Waals surface area contributed by atoms with Crippen molar-refractivity contribution < 1.29 is 22.2 Å². The first-order valence-corrected chi connectivity index (χ1v) is 15.8. The first-order chi connectivity index (χ1) is 29.7. The van der Waals surface area contributed by atoms with E-state index in [2.05, 4.69) is 36.4 Å². The summed E-state index contributed by atoms with van der Waals surface area (Å²) in [6.07, 6.45) is 0. The highest BCUT2D eigenvalue weighted by Crippen LogP contribution is 2.44. The maximum absolute atomic E-state index is 9.23. The summed E-state index contributed by atoms with van der Waals surface area (Å²) in [5, 5.41) is 3.35. The molecule has 0 spiro atoms. The summed E-state index contributed by atoms with van der Waals surface area (Å²) in [6, 6.07) is 25.2. The van der Waals surface area contributed by atoms with Crippen LogP contribution in [0.2, 0.25) is 0 Å². The van der Waals surface area contributed by atoms with E-state index >= 15 is 0 Å². The Morgan fingerprint density at radius 1 is 0.367 bits per heavy atom. The van der Waals surface area contributed by atoms with Gasteiger partial charge < -0.3 is 4.42 Å². The summed E-state index contributed by atoms with van der Waals surface area (Å²) in [5.74, 6) is 0. The molecule has 9 aromatic carbocycles. The van der Waals surface area contributed by atoms with Crippen LogP contribution in [0.1, 0.15) is 17.8 Å². The van der Waals surface area contributed by atoms with E-state index in [1.165, 1.54) is 0 Å². The molecule has 0 fully saturated rings. The Morgan fingerprint density at radius 2 is 0.939 bits per heavy atom. The van der Waals surface area contributed by atoms with Gasteiger partial charge in [-0.15, -0.1) is 0 Å². The van der Waals surface area contributed by atoms with Gasteiger partial charge in [0.05, 0.1) is 17.8 Å². The van der Waals surface area contributed by atoms with Gasteiger partial charge in [-0.2, -0.15) is 0 Å². The molecular weight excluding hydrogens is 593 g/mol. The third-order valence-electron chi connectivity index (χ3n) is 9.19. The first kappa shape index (κ1) is 17.6. The molecule has 0 bridgehead atoms. The van der Waals surface area contributed by atoms with Gasteiger partial charge in [0.1, 0.15) is 11.2 Å². The number of fused-ring (bicyclic) bond motifs is 6. The van der Waals surface area contributed by atoms with Crippen molar-refractivity contribution >= 4 is 54.3 Å². The topological polar surface area (TPSA) is 13.1 Å². The summed E-state index contributed by atoms with van der Waals surface area (Å²) in [6.45, 7) is 0. The van der Waals surface area contributed by atoms with Gasteiger partial charge in [0.25, 0.3) is 0 Å². The molecule has 0 N–H and O–H groups in total. The van der Waals surface area contributed by atoms with E-state index in [0.29, 0.717) is 16.7 Å². The van der Waals surface area contributed by atoms with Crippen LogP contribution >= 0.6 is 0 Å². The van der Waals surface area contributed by atoms with Crippen molar-refractivity contribution in [2.24, 2.45) is 0 Å². The van der Waals surface area contributed by atoms with Crippen LogP contribution < -0.4 is 0 Å². The molecule has 0 aliphatic heterocycles. The summed E-state index contributed by atoms with van der Waals surface area (Å²) >= 11 is 0. The average Bonchev–Trinajstić information content (AvgIpc) is 3.67. The first-order valence-electron chi connectivity index (χ1n) is 22.3. The second-order valence-electron chi connectivity index (χ2n) is 11.9. The van der Waals surface area contributed by atoms with E-state index in [1.807, 2.05) is 42.5 Å². The van der Waals surface area contributed by atoms with Crippen molar-refractivity contribution in [3.63, 3.8) is 0 Å². The van der Waals surface area contributed by atoms with Gasteiger partial charge in [0.15, 0.2) is 0 Å². The van der Waals surface area contributed by atoms with Crippen LogP contribution in [0.15, 0.2) is 186 Å². The molecule has 1 nitrogen and oxygen atoms in total. The highest BCUT2D eigenvalue weighted by molar-refractivity contribution is 6.21. The molecule has 228 valence electrons. The fraction of sp³-hybridized carbons (Fsp3) is 0. The number of rotatable bonds is 4. The van der Waals surface area contributed by atoms with Crippen molar-refractivity contribution in [1.29, 1.82) is 0 Å². The van der Waals surface area contributed by atoms with Crippen LogP contribution in [0, 0.1) is 0 Å². The predicted octanol–water partition coefficient (Wildman–Crippen LogP) is 13.7. The monoisotopic (exact) mass is 635 g/mol. The van der Waals surface area contributed by atoms with Crippen LogP contribution in [0.5, 0.6) is 0 Å². The van der Waals surface area contributed by atoms with E-state index < -0.39 is 84.1 Å². The van der Waals surface area contributed by atoms with Crippen LogP contribution in [0.3, 0.4) is 0 Å². The van der Waals surface area contributed by atoms with Gasteiger partial charge in [-0.25, -0.2) is 0 Å². The van der Waals surface area contributed by atoms with Crippen LogP contribution in [-0.2, 0) is 0 Å². The van der Waals surface area contributed by atoms with E-state index in [1.54, 1.807) is 24.3 Å². The Balaban J connectivity index is 1.22. The van der Waals surface area contributed by atoms with E-state index in [4.69, 9.17) is 16.8 Å². The van der Waals surface area contributed by atoms with E-state index in [-0.39, 0.29) is 32.7 Å². The molecule has 0 aliphatic rings. The van der Waals surface area contributed by atoms with Crippen LogP contribution in [0.4, 0.5) is 0 Å². The van der Waals surface area contributed by atoms with Gasteiger partial charge in [0.2, 0.25) is 0 Å². The molecular formula is C48H30O. The summed E-state index contributed by atoms with van der Waals surface area (Å²) < 4.78 is 121. The summed E-state index contributed by atoms with van der Waals surface area (Å²) in [5.41, 5.74) is 4.57. The molecule has 1 heterocycles. The Labute approximate surface area is 302 Å². The maximum atomic E-state index is 9.23. The zero-order chi connectivity index (χ0) is 43.6. The molecule has 10 rings (SSSR count). The molecule has 0 saturated carbocycles. The SMILES string of the molecule is [2H]c1c([2H])c([2H])c(-c2c3c([2H])c([2H])c([2H])c([2H])c3c(-c3ccc(-c4cccc5c4oc4cc(-c6ccc7ccccc7c6)ccc45)cc3)c3c([2H])c([2H])c([2H])c([2H])c23)c([2H])c1[2H]. The fourth-order valence-corrected chi connectivity index (χ4v) is 6.93. The highest BCUT2D eigenvalue weighted by Gasteiger charge is 2.17. The predicted molar refractivity (Wildman–Crippen MR) is 208 cm³/mol. The van der Waals surface area contributed by atoms with Crippen LogP contribution in [-0.4, -0.2) is 0 Å². The molecule has 0 aliphatic carbocycles. The number of hydrogen-bond acceptors (Lipinski definition) is 1. The second kappa shape index (κ2) is 11.1. The smallest absolute Gasteiger partial charge is 0.143 e. The summed E-state index contributed by atoms with van der Waals surface area (Å²) in [7, 11) is 0. The third-order valence-corrected chi connectivity index (χ3v) is 9.19. The molecule has 1 heteroatoms. The van der Waals surface area contributed by atoms with Gasteiger partial charge in [0, 0.05) is 16.3 Å². The second-order valence-corrected chi connectivity index (χ2v) is 11.9. The molecule has 0 atom stereocenters. The van der Waals surface area contributed by atoms with Crippen molar-refractivity contribution in [3.05, 3.63) is 182 Å². The fourth-order valence-electron chi connectivity index (χ4n) is 6.93. The van der Waals surface area contributed by atoms with Crippen LogP contribution in [0.25, 0.3) is 98.8 Å². The number of benzene rings is 9. The number of hydrogen-bond donors (Lipinski definition) is 0. The van der Waals surface area contributed by atoms with Gasteiger partial charge in [-0.1, -0.05) is 163 Å². The third kappa shape index (κ3) is 4.47. The van der Waals surface area contributed by atoms with Crippen molar-refractivity contribution in [3.8, 4) is 44.5 Å².